The van der Waals surface area contributed by atoms with E-state index < -0.39 is 0 Å². The van der Waals surface area contributed by atoms with E-state index in [4.69, 9.17) is 9.47 Å². The van der Waals surface area contributed by atoms with Gasteiger partial charge in [-0.05, 0) is 44.9 Å². The zero-order chi connectivity index (χ0) is 20.5. The number of morpholine rings is 1. The molecule has 1 amide bonds. The van der Waals surface area contributed by atoms with E-state index in [1.54, 1.807) is 7.11 Å². The van der Waals surface area contributed by atoms with E-state index in [0.717, 1.165) is 80.1 Å². The van der Waals surface area contributed by atoms with Gasteiger partial charge in [0.15, 0.2) is 0 Å². The minimum Gasteiger partial charge on any atom is -0.497 e. The third-order valence-electron chi connectivity index (χ3n) is 6.68. The Kier molecular flexibility index (Phi) is 5.83. The van der Waals surface area contributed by atoms with Crippen molar-refractivity contribution in [1.82, 2.24) is 14.4 Å². The molecule has 6 nitrogen and oxygen atoms in total. The van der Waals surface area contributed by atoms with Gasteiger partial charge in [0.1, 0.15) is 5.75 Å². The average molecular weight is 400 g/mol. The van der Waals surface area contributed by atoms with E-state index in [9.17, 15) is 4.79 Å². The second kappa shape index (κ2) is 8.36. The van der Waals surface area contributed by atoms with Gasteiger partial charge in [0.05, 0.1) is 25.9 Å². The quantitative estimate of drug-likeness (QED) is 0.774. The summed E-state index contributed by atoms with van der Waals surface area (Å²) in [5.41, 5.74) is 3.01. The maximum Gasteiger partial charge on any atom is 0.256 e. The molecule has 0 saturated carbocycles. The van der Waals surface area contributed by atoms with Crippen molar-refractivity contribution in [2.75, 3.05) is 40.0 Å². The molecule has 0 N–H and O–H groups in total. The lowest BCUT2D eigenvalue weighted by Gasteiger charge is -2.35. The van der Waals surface area contributed by atoms with Gasteiger partial charge >= 0.3 is 0 Å². The molecule has 1 aromatic carbocycles. The van der Waals surface area contributed by atoms with Crippen LogP contribution in [-0.4, -0.2) is 72.3 Å². The molecule has 4 rings (SSSR count). The molecule has 2 aromatic rings. The van der Waals surface area contributed by atoms with Crippen molar-refractivity contribution in [3.63, 3.8) is 0 Å². The lowest BCUT2D eigenvalue weighted by atomic mass is 10.1. The van der Waals surface area contributed by atoms with Gasteiger partial charge in [0.25, 0.3) is 5.91 Å². The summed E-state index contributed by atoms with van der Waals surface area (Å²) in [7, 11) is 1.67. The highest BCUT2D eigenvalue weighted by Gasteiger charge is 2.39. The third kappa shape index (κ3) is 3.53. The largest absolute Gasteiger partial charge is 0.497 e. The normalized spacial score (nSPS) is 23.1. The van der Waals surface area contributed by atoms with Crippen LogP contribution in [0.25, 0.3) is 10.9 Å². The molecule has 2 saturated heterocycles. The maximum absolute atomic E-state index is 13.8. The summed E-state index contributed by atoms with van der Waals surface area (Å²) in [6.45, 7) is 11.7. The predicted molar refractivity (Wildman–Crippen MR) is 115 cm³/mol. The Morgan fingerprint density at radius 3 is 2.69 bits per heavy atom. The number of carbonyl (C=O) groups excluding carboxylic acids is 1. The monoisotopic (exact) mass is 399 g/mol. The number of carbonyl (C=O) groups is 1. The number of ether oxygens (including phenoxy) is 2. The number of hydrogen-bond acceptors (Lipinski definition) is 4. The Bertz CT molecular complexity index is 885. The summed E-state index contributed by atoms with van der Waals surface area (Å²) in [5.74, 6) is 0.944. The molecule has 0 aliphatic carbocycles. The van der Waals surface area contributed by atoms with Gasteiger partial charge in [-0.3, -0.25) is 9.69 Å². The molecule has 0 spiro atoms. The maximum atomic E-state index is 13.8. The molecule has 2 fully saturated rings. The zero-order valence-electron chi connectivity index (χ0n) is 18.1. The number of methoxy groups -OCH3 is 1. The molecule has 1 aromatic heterocycles. The van der Waals surface area contributed by atoms with Crippen molar-refractivity contribution in [1.29, 1.82) is 0 Å². The summed E-state index contributed by atoms with van der Waals surface area (Å²) in [6, 6.07) is 6.70. The summed E-state index contributed by atoms with van der Waals surface area (Å²) >= 11 is 0. The third-order valence-corrected chi connectivity index (χ3v) is 6.68. The van der Waals surface area contributed by atoms with E-state index in [2.05, 4.69) is 41.2 Å². The van der Waals surface area contributed by atoms with Crippen molar-refractivity contribution in [2.45, 2.75) is 52.2 Å². The topological polar surface area (TPSA) is 46.9 Å². The van der Waals surface area contributed by atoms with Crippen LogP contribution in [-0.2, 0) is 11.3 Å². The molecule has 2 aliphatic heterocycles. The fraction of sp³-hybridized carbons (Fsp3) is 0.609. The van der Waals surface area contributed by atoms with Gasteiger partial charge < -0.3 is 18.9 Å². The first kappa shape index (κ1) is 20.2. The number of likely N-dealkylation sites (tertiary alicyclic amines) is 1. The second-order valence-electron chi connectivity index (χ2n) is 8.24. The molecule has 2 atom stereocenters. The Morgan fingerprint density at radius 1 is 1.24 bits per heavy atom. The number of benzene rings is 1. The van der Waals surface area contributed by atoms with Crippen molar-refractivity contribution < 1.29 is 14.3 Å². The van der Waals surface area contributed by atoms with E-state index in [1.807, 2.05) is 12.1 Å². The molecule has 6 heteroatoms. The zero-order valence-corrected chi connectivity index (χ0v) is 18.1. The van der Waals surface area contributed by atoms with Crippen molar-refractivity contribution in [3.8, 4) is 5.75 Å². The Morgan fingerprint density at radius 2 is 2.00 bits per heavy atom. The van der Waals surface area contributed by atoms with Crippen LogP contribution in [0, 0.1) is 6.92 Å². The molecule has 29 heavy (non-hydrogen) atoms. The fourth-order valence-electron chi connectivity index (χ4n) is 5.12. The van der Waals surface area contributed by atoms with E-state index in [-0.39, 0.29) is 11.9 Å². The molecule has 158 valence electrons. The number of aryl methyl sites for hydroxylation is 1. The van der Waals surface area contributed by atoms with E-state index >= 15 is 0 Å². The van der Waals surface area contributed by atoms with Gasteiger partial charge in [0.2, 0.25) is 0 Å². The van der Waals surface area contributed by atoms with Crippen LogP contribution in [0.4, 0.5) is 0 Å². The highest BCUT2D eigenvalue weighted by atomic mass is 16.5. The van der Waals surface area contributed by atoms with Crippen LogP contribution in [0.5, 0.6) is 5.75 Å². The lowest BCUT2D eigenvalue weighted by Crippen LogP contribution is -2.49. The highest BCUT2D eigenvalue weighted by Crippen LogP contribution is 2.33. The van der Waals surface area contributed by atoms with Crippen LogP contribution in [0.2, 0.25) is 0 Å². The smallest absolute Gasteiger partial charge is 0.256 e. The van der Waals surface area contributed by atoms with Crippen molar-refractivity contribution in [3.05, 3.63) is 29.5 Å². The van der Waals surface area contributed by atoms with Crippen molar-refractivity contribution >= 4 is 16.8 Å². The number of rotatable bonds is 5. The van der Waals surface area contributed by atoms with Gasteiger partial charge in [-0.25, -0.2) is 0 Å². The highest BCUT2D eigenvalue weighted by molar-refractivity contribution is 6.09. The minimum atomic E-state index is 0.152. The summed E-state index contributed by atoms with van der Waals surface area (Å²) < 4.78 is 13.2. The second-order valence-corrected chi connectivity index (χ2v) is 8.24. The first-order valence-electron chi connectivity index (χ1n) is 10.9. The number of aromatic nitrogens is 1. The van der Waals surface area contributed by atoms with Gasteiger partial charge in [-0.2, -0.15) is 0 Å². The molecule has 3 heterocycles. The van der Waals surface area contributed by atoms with Crippen LogP contribution < -0.4 is 4.74 Å². The first-order chi connectivity index (χ1) is 14.1. The summed E-state index contributed by atoms with van der Waals surface area (Å²) in [6.07, 6.45) is 2.06. The van der Waals surface area contributed by atoms with Crippen molar-refractivity contribution in [2.24, 2.45) is 0 Å². The summed E-state index contributed by atoms with van der Waals surface area (Å²) in [5, 5.41) is 1.00. The molecule has 2 aliphatic rings. The number of hydrogen-bond donors (Lipinski definition) is 0. The first-order valence-corrected chi connectivity index (χ1v) is 10.9. The van der Waals surface area contributed by atoms with E-state index in [1.165, 1.54) is 0 Å². The Hall–Kier alpha value is -2.05. The Labute approximate surface area is 173 Å². The molecular weight excluding hydrogens is 366 g/mol. The number of amides is 1. The SMILES string of the molecule is CCCn1c(C)c(C(=O)N2CC[C@@H](N3CCOCC3)[C@H]2C)c2cc(OC)ccc21. The minimum absolute atomic E-state index is 0.152. The van der Waals surface area contributed by atoms with Gasteiger partial charge in [-0.1, -0.05) is 6.92 Å². The van der Waals surface area contributed by atoms with Crippen LogP contribution >= 0.6 is 0 Å². The van der Waals surface area contributed by atoms with Crippen LogP contribution in [0.3, 0.4) is 0 Å². The standard InChI is InChI=1S/C23H33N3O3/c1-5-9-25-17(3)22(19-15-18(28-4)6-7-21(19)25)23(27)26-10-8-20(16(26)2)24-11-13-29-14-12-24/h6-7,15-16,20H,5,8-14H2,1-4H3/t16-,20-/m1/s1. The van der Waals surface area contributed by atoms with Crippen LogP contribution in [0.1, 0.15) is 42.7 Å². The Balaban J connectivity index is 1.68. The molecule has 0 unspecified atom stereocenters. The predicted octanol–water partition coefficient (Wildman–Crippen LogP) is 3.30. The molecule has 0 bridgehead atoms. The number of nitrogens with zero attached hydrogens (tertiary/aromatic N) is 3. The summed E-state index contributed by atoms with van der Waals surface area (Å²) in [4.78, 5) is 18.3. The molecular formula is C23H33N3O3. The lowest BCUT2D eigenvalue weighted by molar-refractivity contribution is 0.0104. The van der Waals surface area contributed by atoms with Gasteiger partial charge in [0, 0.05) is 54.9 Å². The molecule has 0 radical (unpaired) electrons. The van der Waals surface area contributed by atoms with E-state index in [0.29, 0.717) is 6.04 Å². The fourth-order valence-corrected chi connectivity index (χ4v) is 5.12. The average Bonchev–Trinajstić information content (AvgIpc) is 3.26. The van der Waals surface area contributed by atoms with Crippen LogP contribution in [0.15, 0.2) is 18.2 Å². The number of fused-ring (bicyclic) bond motifs is 1. The van der Waals surface area contributed by atoms with Gasteiger partial charge in [-0.15, -0.1) is 0 Å².